The van der Waals surface area contributed by atoms with Crippen molar-refractivity contribution in [3.63, 3.8) is 0 Å². The number of carbonyl (C=O) groups is 1. The van der Waals surface area contributed by atoms with Crippen molar-refractivity contribution in [1.82, 2.24) is 4.90 Å². The summed E-state index contributed by atoms with van der Waals surface area (Å²) in [6, 6.07) is 1.81. The van der Waals surface area contributed by atoms with Crippen LogP contribution in [0.15, 0.2) is 0 Å². The molecule has 0 radical (unpaired) electrons. The molecule has 4 heteroatoms. The van der Waals surface area contributed by atoms with Crippen LogP contribution in [0.25, 0.3) is 0 Å². The zero-order valence-corrected chi connectivity index (χ0v) is 9.78. The summed E-state index contributed by atoms with van der Waals surface area (Å²) >= 11 is 0. The molecule has 0 bridgehead atoms. The Balaban J connectivity index is 2.64. The van der Waals surface area contributed by atoms with Crippen LogP contribution in [-0.4, -0.2) is 29.2 Å². The summed E-state index contributed by atoms with van der Waals surface area (Å²) in [5.41, 5.74) is -0.497. The maximum atomic E-state index is 11.7. The van der Waals surface area contributed by atoms with Crippen LogP contribution in [-0.2, 0) is 4.74 Å². The average molecular weight is 210 g/mol. The van der Waals surface area contributed by atoms with Gasteiger partial charge >= 0.3 is 6.09 Å². The molecule has 2 unspecified atom stereocenters. The van der Waals surface area contributed by atoms with Gasteiger partial charge in [0.2, 0.25) is 0 Å². The van der Waals surface area contributed by atoms with Gasteiger partial charge in [-0.1, -0.05) is 6.92 Å². The first-order valence-corrected chi connectivity index (χ1v) is 5.22. The molecular formula is C11H18N2O2. The Hall–Kier alpha value is -1.24. The first-order chi connectivity index (χ1) is 6.83. The van der Waals surface area contributed by atoms with Crippen LogP contribution < -0.4 is 0 Å². The van der Waals surface area contributed by atoms with E-state index in [1.165, 1.54) is 4.90 Å². The van der Waals surface area contributed by atoms with Crippen molar-refractivity contribution in [1.29, 1.82) is 5.26 Å². The molecule has 0 saturated carbocycles. The molecule has 2 atom stereocenters. The van der Waals surface area contributed by atoms with Crippen LogP contribution in [0.5, 0.6) is 0 Å². The molecule has 15 heavy (non-hydrogen) atoms. The minimum absolute atomic E-state index is 0.324. The standard InChI is InChI=1S/C11H18N2O2/c1-8-5-9(6-12)13(7-8)10(14)15-11(2,3)4/h8-9H,5,7H2,1-4H3. The van der Waals surface area contributed by atoms with Gasteiger partial charge in [-0.25, -0.2) is 4.79 Å². The molecule has 4 nitrogen and oxygen atoms in total. The third-order valence-electron chi connectivity index (χ3n) is 2.29. The fourth-order valence-corrected chi connectivity index (χ4v) is 1.69. The molecule has 1 rings (SSSR count). The van der Waals surface area contributed by atoms with Gasteiger partial charge in [0, 0.05) is 6.54 Å². The Kier molecular flexibility index (Phi) is 3.23. The lowest BCUT2D eigenvalue weighted by Crippen LogP contribution is -2.39. The molecule has 0 aliphatic carbocycles. The molecule has 0 aromatic carbocycles. The van der Waals surface area contributed by atoms with E-state index in [9.17, 15) is 4.79 Å². The van der Waals surface area contributed by atoms with Crippen LogP contribution in [0.1, 0.15) is 34.1 Å². The zero-order valence-electron chi connectivity index (χ0n) is 9.78. The zero-order chi connectivity index (χ0) is 11.6. The first-order valence-electron chi connectivity index (χ1n) is 5.22. The lowest BCUT2D eigenvalue weighted by molar-refractivity contribution is 0.0255. The number of hydrogen-bond donors (Lipinski definition) is 0. The Morgan fingerprint density at radius 1 is 1.53 bits per heavy atom. The monoisotopic (exact) mass is 210 g/mol. The molecule has 0 aromatic heterocycles. The summed E-state index contributed by atoms with van der Waals surface area (Å²) in [6.45, 7) is 8.13. The van der Waals surface area contributed by atoms with Crippen molar-refractivity contribution in [3.8, 4) is 6.07 Å². The van der Waals surface area contributed by atoms with Crippen molar-refractivity contribution in [2.24, 2.45) is 5.92 Å². The third-order valence-corrected chi connectivity index (χ3v) is 2.29. The maximum Gasteiger partial charge on any atom is 0.411 e. The molecule has 1 aliphatic rings. The SMILES string of the molecule is CC1CC(C#N)N(C(=O)OC(C)(C)C)C1. The minimum Gasteiger partial charge on any atom is -0.444 e. The molecule has 1 amide bonds. The first kappa shape index (κ1) is 11.8. The Morgan fingerprint density at radius 3 is 2.60 bits per heavy atom. The van der Waals surface area contributed by atoms with Crippen molar-refractivity contribution >= 4 is 6.09 Å². The van der Waals surface area contributed by atoms with Crippen LogP contribution in [0.4, 0.5) is 4.79 Å². The summed E-state index contributed by atoms with van der Waals surface area (Å²) in [5, 5.41) is 8.90. The Morgan fingerprint density at radius 2 is 2.13 bits per heavy atom. The number of hydrogen-bond acceptors (Lipinski definition) is 3. The quantitative estimate of drug-likeness (QED) is 0.615. The molecule has 0 N–H and O–H groups in total. The summed E-state index contributed by atoms with van der Waals surface area (Å²) in [4.78, 5) is 13.3. The van der Waals surface area contributed by atoms with Gasteiger partial charge < -0.3 is 4.74 Å². The number of nitrogens with zero attached hydrogens (tertiary/aromatic N) is 2. The molecule has 1 heterocycles. The summed E-state index contributed by atoms with van der Waals surface area (Å²) in [6.07, 6.45) is 0.369. The average Bonchev–Trinajstić information content (AvgIpc) is 2.43. The van der Waals surface area contributed by atoms with Gasteiger partial charge in [-0.05, 0) is 33.1 Å². The highest BCUT2D eigenvalue weighted by atomic mass is 16.6. The lowest BCUT2D eigenvalue weighted by Gasteiger charge is -2.25. The Bertz CT molecular complexity index is 288. The van der Waals surface area contributed by atoms with Gasteiger partial charge in [0.25, 0.3) is 0 Å². The summed E-state index contributed by atoms with van der Waals surface area (Å²) < 4.78 is 5.24. The van der Waals surface area contributed by atoms with E-state index in [0.29, 0.717) is 12.5 Å². The van der Waals surface area contributed by atoms with Gasteiger partial charge in [0.1, 0.15) is 11.6 Å². The van der Waals surface area contributed by atoms with E-state index < -0.39 is 5.60 Å². The van der Waals surface area contributed by atoms with Crippen LogP contribution in [0, 0.1) is 17.2 Å². The lowest BCUT2D eigenvalue weighted by atomic mass is 10.1. The van der Waals surface area contributed by atoms with Crippen molar-refractivity contribution in [3.05, 3.63) is 0 Å². The van der Waals surface area contributed by atoms with Gasteiger partial charge in [-0.15, -0.1) is 0 Å². The highest BCUT2D eigenvalue weighted by Crippen LogP contribution is 2.24. The van der Waals surface area contributed by atoms with E-state index in [1.54, 1.807) is 0 Å². The van der Waals surface area contributed by atoms with Gasteiger partial charge in [-0.3, -0.25) is 4.90 Å². The summed E-state index contributed by atoms with van der Waals surface area (Å²) in [7, 11) is 0. The predicted octanol–water partition coefficient (Wildman–Crippen LogP) is 2.16. The highest BCUT2D eigenvalue weighted by Gasteiger charge is 2.35. The van der Waals surface area contributed by atoms with Crippen molar-refractivity contribution in [2.45, 2.75) is 45.8 Å². The van der Waals surface area contributed by atoms with Crippen LogP contribution in [0.3, 0.4) is 0 Å². The van der Waals surface area contributed by atoms with Crippen LogP contribution >= 0.6 is 0 Å². The number of likely N-dealkylation sites (tertiary alicyclic amines) is 1. The fourth-order valence-electron chi connectivity index (χ4n) is 1.69. The molecule has 1 fully saturated rings. The predicted molar refractivity (Wildman–Crippen MR) is 56.1 cm³/mol. The van der Waals surface area contributed by atoms with Gasteiger partial charge in [0.15, 0.2) is 0 Å². The van der Waals surface area contributed by atoms with Crippen LogP contribution in [0.2, 0.25) is 0 Å². The number of rotatable bonds is 0. The topological polar surface area (TPSA) is 53.3 Å². The smallest absolute Gasteiger partial charge is 0.411 e. The second-order valence-corrected chi connectivity index (χ2v) is 5.12. The largest absolute Gasteiger partial charge is 0.444 e. The van der Waals surface area contributed by atoms with E-state index in [-0.39, 0.29) is 12.1 Å². The molecule has 84 valence electrons. The second-order valence-electron chi connectivity index (χ2n) is 5.12. The van der Waals surface area contributed by atoms with Crippen molar-refractivity contribution in [2.75, 3.05) is 6.54 Å². The number of ether oxygens (including phenoxy) is 1. The van der Waals surface area contributed by atoms with E-state index in [2.05, 4.69) is 6.07 Å². The van der Waals surface area contributed by atoms with E-state index in [0.717, 1.165) is 6.42 Å². The van der Waals surface area contributed by atoms with Crippen molar-refractivity contribution < 1.29 is 9.53 Å². The molecular weight excluding hydrogens is 192 g/mol. The molecule has 0 spiro atoms. The third kappa shape index (κ3) is 3.12. The Labute approximate surface area is 90.8 Å². The number of carbonyl (C=O) groups excluding carboxylic acids is 1. The van der Waals surface area contributed by atoms with E-state index in [1.807, 2.05) is 27.7 Å². The number of amides is 1. The van der Waals surface area contributed by atoms with Gasteiger partial charge in [-0.2, -0.15) is 5.26 Å². The number of nitriles is 1. The second kappa shape index (κ2) is 4.09. The fraction of sp³-hybridized carbons (Fsp3) is 0.818. The molecule has 1 saturated heterocycles. The maximum absolute atomic E-state index is 11.7. The van der Waals surface area contributed by atoms with Gasteiger partial charge in [0.05, 0.1) is 6.07 Å². The van der Waals surface area contributed by atoms with E-state index >= 15 is 0 Å². The highest BCUT2D eigenvalue weighted by molar-refractivity contribution is 5.69. The summed E-state index contributed by atoms with van der Waals surface area (Å²) in [5.74, 6) is 0.377. The van der Waals surface area contributed by atoms with E-state index in [4.69, 9.17) is 10.00 Å². The minimum atomic E-state index is -0.497. The molecule has 1 aliphatic heterocycles. The normalized spacial score (nSPS) is 26.2. The molecule has 0 aromatic rings.